The Kier molecular flexibility index (Phi) is 6.06. The fourth-order valence-corrected chi connectivity index (χ4v) is 2.81. The number of nitrogens with one attached hydrogen (secondary N) is 2. The molecule has 0 radical (unpaired) electrons. The largest absolute Gasteiger partial charge is 0.352 e. The van der Waals surface area contributed by atoms with Crippen LogP contribution in [-0.2, 0) is 4.79 Å². The van der Waals surface area contributed by atoms with Gasteiger partial charge < -0.3 is 10.6 Å². The molecule has 1 aromatic rings. The van der Waals surface area contributed by atoms with E-state index in [4.69, 9.17) is 0 Å². The molecule has 20 heavy (non-hydrogen) atoms. The number of benzene rings is 1. The monoisotopic (exact) mass is 274 g/mol. The standard InChI is InChI=1S/C17H26N2O/c1-14(15-9-5-4-6-10-15)18-13-17(20)19-16-11-7-2-3-8-12-16/h4-6,9-10,14,16,18H,2-3,7-8,11-13H2,1H3,(H,19,20). The summed E-state index contributed by atoms with van der Waals surface area (Å²) >= 11 is 0. The predicted octanol–water partition coefficient (Wildman–Crippen LogP) is 3.18. The summed E-state index contributed by atoms with van der Waals surface area (Å²) in [5.41, 5.74) is 1.22. The predicted molar refractivity (Wildman–Crippen MR) is 82.5 cm³/mol. The molecule has 1 saturated carbocycles. The average molecular weight is 274 g/mol. The van der Waals surface area contributed by atoms with Crippen molar-refractivity contribution in [2.75, 3.05) is 6.54 Å². The summed E-state index contributed by atoms with van der Waals surface area (Å²) in [6, 6.07) is 10.8. The molecule has 0 heterocycles. The third-order valence-electron chi connectivity index (χ3n) is 4.09. The van der Waals surface area contributed by atoms with E-state index in [1.165, 1.54) is 31.2 Å². The molecule has 1 amide bonds. The van der Waals surface area contributed by atoms with E-state index in [0.717, 1.165) is 12.8 Å². The number of rotatable bonds is 5. The number of carbonyl (C=O) groups is 1. The quantitative estimate of drug-likeness (QED) is 0.810. The van der Waals surface area contributed by atoms with Crippen molar-refractivity contribution in [2.24, 2.45) is 0 Å². The summed E-state index contributed by atoms with van der Waals surface area (Å²) in [7, 11) is 0. The first-order valence-electron chi connectivity index (χ1n) is 7.83. The Labute approximate surface area is 122 Å². The number of hydrogen-bond acceptors (Lipinski definition) is 2. The molecule has 1 aromatic carbocycles. The highest BCUT2D eigenvalue weighted by atomic mass is 16.1. The molecule has 3 nitrogen and oxygen atoms in total. The van der Waals surface area contributed by atoms with Gasteiger partial charge in [0, 0.05) is 12.1 Å². The van der Waals surface area contributed by atoms with E-state index in [-0.39, 0.29) is 11.9 Å². The lowest BCUT2D eigenvalue weighted by atomic mass is 10.1. The Hall–Kier alpha value is -1.35. The van der Waals surface area contributed by atoms with Crippen LogP contribution in [0, 0.1) is 0 Å². The van der Waals surface area contributed by atoms with Crippen LogP contribution < -0.4 is 10.6 Å². The smallest absolute Gasteiger partial charge is 0.234 e. The van der Waals surface area contributed by atoms with Crippen molar-refractivity contribution >= 4 is 5.91 Å². The van der Waals surface area contributed by atoms with Gasteiger partial charge in [-0.15, -0.1) is 0 Å². The number of carbonyl (C=O) groups excluding carboxylic acids is 1. The zero-order chi connectivity index (χ0) is 14.2. The van der Waals surface area contributed by atoms with E-state index in [1.54, 1.807) is 0 Å². The van der Waals surface area contributed by atoms with Crippen LogP contribution in [0.25, 0.3) is 0 Å². The molecule has 0 bridgehead atoms. The van der Waals surface area contributed by atoms with Gasteiger partial charge in [-0.3, -0.25) is 4.79 Å². The van der Waals surface area contributed by atoms with Crippen molar-refractivity contribution in [1.82, 2.24) is 10.6 Å². The Morgan fingerprint density at radius 1 is 1.15 bits per heavy atom. The Balaban J connectivity index is 1.71. The molecule has 1 aliphatic rings. The fraction of sp³-hybridized carbons (Fsp3) is 0.588. The van der Waals surface area contributed by atoms with Crippen molar-refractivity contribution in [3.05, 3.63) is 35.9 Å². The molecular weight excluding hydrogens is 248 g/mol. The molecule has 1 aliphatic carbocycles. The highest BCUT2D eigenvalue weighted by Crippen LogP contribution is 2.17. The summed E-state index contributed by atoms with van der Waals surface area (Å²) in [6.45, 7) is 2.49. The van der Waals surface area contributed by atoms with Gasteiger partial charge in [0.25, 0.3) is 0 Å². The van der Waals surface area contributed by atoms with Crippen molar-refractivity contribution in [3.8, 4) is 0 Å². The van der Waals surface area contributed by atoms with Crippen LogP contribution in [0.2, 0.25) is 0 Å². The summed E-state index contributed by atoms with van der Waals surface area (Å²) in [6.07, 6.45) is 7.41. The Bertz CT molecular complexity index is 397. The molecule has 0 saturated heterocycles. The highest BCUT2D eigenvalue weighted by Gasteiger charge is 2.15. The highest BCUT2D eigenvalue weighted by molar-refractivity contribution is 5.78. The Morgan fingerprint density at radius 3 is 2.45 bits per heavy atom. The van der Waals surface area contributed by atoms with Gasteiger partial charge in [0.15, 0.2) is 0 Å². The van der Waals surface area contributed by atoms with Crippen molar-refractivity contribution in [1.29, 1.82) is 0 Å². The lowest BCUT2D eigenvalue weighted by molar-refractivity contribution is -0.121. The molecule has 1 fully saturated rings. The summed E-state index contributed by atoms with van der Waals surface area (Å²) in [5.74, 6) is 0.125. The topological polar surface area (TPSA) is 41.1 Å². The molecule has 3 heteroatoms. The summed E-state index contributed by atoms with van der Waals surface area (Å²) in [5, 5.41) is 6.46. The zero-order valence-corrected chi connectivity index (χ0v) is 12.4. The lowest BCUT2D eigenvalue weighted by Crippen LogP contribution is -2.40. The van der Waals surface area contributed by atoms with E-state index < -0.39 is 0 Å². The fourth-order valence-electron chi connectivity index (χ4n) is 2.81. The first kappa shape index (κ1) is 15.0. The van der Waals surface area contributed by atoms with Crippen LogP contribution in [-0.4, -0.2) is 18.5 Å². The van der Waals surface area contributed by atoms with Gasteiger partial charge in [-0.25, -0.2) is 0 Å². The molecule has 0 aliphatic heterocycles. The second-order valence-electron chi connectivity index (χ2n) is 5.77. The van der Waals surface area contributed by atoms with Gasteiger partial charge in [-0.1, -0.05) is 56.0 Å². The van der Waals surface area contributed by atoms with E-state index in [1.807, 2.05) is 18.2 Å². The molecule has 0 spiro atoms. The molecule has 1 atom stereocenters. The third-order valence-corrected chi connectivity index (χ3v) is 4.09. The maximum Gasteiger partial charge on any atom is 0.234 e. The number of hydrogen-bond donors (Lipinski definition) is 2. The summed E-state index contributed by atoms with van der Waals surface area (Å²) < 4.78 is 0. The minimum absolute atomic E-state index is 0.125. The minimum atomic E-state index is 0.125. The van der Waals surface area contributed by atoms with Gasteiger partial charge in [0.05, 0.1) is 6.54 Å². The first-order valence-corrected chi connectivity index (χ1v) is 7.83. The molecule has 1 unspecified atom stereocenters. The van der Waals surface area contributed by atoms with Crippen molar-refractivity contribution in [2.45, 2.75) is 57.5 Å². The maximum atomic E-state index is 12.0. The van der Waals surface area contributed by atoms with Crippen LogP contribution in [0.1, 0.15) is 57.1 Å². The average Bonchev–Trinajstić information content (AvgIpc) is 2.74. The van der Waals surface area contributed by atoms with Crippen LogP contribution >= 0.6 is 0 Å². The minimum Gasteiger partial charge on any atom is -0.352 e. The maximum absolute atomic E-state index is 12.0. The van der Waals surface area contributed by atoms with E-state index >= 15 is 0 Å². The van der Waals surface area contributed by atoms with Crippen LogP contribution in [0.5, 0.6) is 0 Å². The van der Waals surface area contributed by atoms with E-state index in [9.17, 15) is 4.79 Å². The second-order valence-corrected chi connectivity index (χ2v) is 5.77. The van der Waals surface area contributed by atoms with Gasteiger partial charge in [-0.2, -0.15) is 0 Å². The van der Waals surface area contributed by atoms with Crippen molar-refractivity contribution < 1.29 is 4.79 Å². The molecule has 2 rings (SSSR count). The zero-order valence-electron chi connectivity index (χ0n) is 12.4. The Morgan fingerprint density at radius 2 is 1.80 bits per heavy atom. The normalized spacial score (nSPS) is 18.2. The van der Waals surface area contributed by atoms with Crippen molar-refractivity contribution in [3.63, 3.8) is 0 Å². The summed E-state index contributed by atoms with van der Waals surface area (Å²) in [4.78, 5) is 12.0. The molecule has 0 aromatic heterocycles. The van der Waals surface area contributed by atoms with E-state index in [2.05, 4.69) is 29.7 Å². The molecule has 2 N–H and O–H groups in total. The lowest BCUT2D eigenvalue weighted by Gasteiger charge is -2.18. The van der Waals surface area contributed by atoms with Crippen LogP contribution in [0.3, 0.4) is 0 Å². The van der Waals surface area contributed by atoms with Crippen LogP contribution in [0.4, 0.5) is 0 Å². The molecule has 110 valence electrons. The van der Waals surface area contributed by atoms with E-state index in [0.29, 0.717) is 12.6 Å². The van der Waals surface area contributed by atoms with Gasteiger partial charge in [-0.05, 0) is 25.3 Å². The van der Waals surface area contributed by atoms with Crippen LogP contribution in [0.15, 0.2) is 30.3 Å². The second kappa shape index (κ2) is 8.05. The first-order chi connectivity index (χ1) is 9.75. The third kappa shape index (κ3) is 4.97. The van der Waals surface area contributed by atoms with Gasteiger partial charge >= 0.3 is 0 Å². The molecular formula is C17H26N2O. The van der Waals surface area contributed by atoms with Gasteiger partial charge in [0.2, 0.25) is 5.91 Å². The SMILES string of the molecule is CC(NCC(=O)NC1CCCCCC1)c1ccccc1. The van der Waals surface area contributed by atoms with Gasteiger partial charge in [0.1, 0.15) is 0 Å². The number of amides is 1.